The number of hydrogen-bond donors (Lipinski definition) is 0. The summed E-state index contributed by atoms with van der Waals surface area (Å²) >= 11 is 0. The molecule has 2 rings (SSSR count). The summed E-state index contributed by atoms with van der Waals surface area (Å²) < 4.78 is 10.8. The third-order valence-electron chi connectivity index (χ3n) is 4.20. The van der Waals surface area contributed by atoms with E-state index >= 15 is 0 Å². The van der Waals surface area contributed by atoms with Crippen molar-refractivity contribution in [2.75, 3.05) is 39.9 Å². The fourth-order valence-corrected chi connectivity index (χ4v) is 2.86. The fraction of sp³-hybridized carbons (Fsp3) is 0.579. The molecule has 0 atom stereocenters. The van der Waals surface area contributed by atoms with Crippen LogP contribution in [0.5, 0.6) is 11.5 Å². The van der Waals surface area contributed by atoms with Gasteiger partial charge in [0.2, 0.25) is 5.91 Å². The van der Waals surface area contributed by atoms with Gasteiger partial charge in [-0.1, -0.05) is 26.0 Å². The molecule has 2 amide bonds. The summed E-state index contributed by atoms with van der Waals surface area (Å²) in [7, 11) is 1.57. The summed E-state index contributed by atoms with van der Waals surface area (Å²) in [5, 5.41) is 0. The van der Waals surface area contributed by atoms with Gasteiger partial charge in [-0.2, -0.15) is 0 Å². The van der Waals surface area contributed by atoms with Crippen LogP contribution in [0.2, 0.25) is 0 Å². The van der Waals surface area contributed by atoms with Crippen molar-refractivity contribution in [1.29, 1.82) is 0 Å². The lowest BCUT2D eigenvalue weighted by Crippen LogP contribution is -2.39. The molecule has 1 aromatic rings. The fourth-order valence-electron chi connectivity index (χ4n) is 2.86. The lowest BCUT2D eigenvalue weighted by Gasteiger charge is -2.23. The Labute approximate surface area is 149 Å². The molecule has 0 aliphatic carbocycles. The third-order valence-corrected chi connectivity index (χ3v) is 4.20. The van der Waals surface area contributed by atoms with Crippen LogP contribution < -0.4 is 9.47 Å². The molecule has 0 spiro atoms. The first-order valence-electron chi connectivity index (χ1n) is 8.82. The number of carbonyl (C=O) groups is 2. The highest BCUT2D eigenvalue weighted by atomic mass is 16.5. The van der Waals surface area contributed by atoms with Crippen LogP contribution in [0, 0.1) is 5.92 Å². The molecule has 1 aliphatic heterocycles. The number of ether oxygens (including phenoxy) is 2. The lowest BCUT2D eigenvalue weighted by molar-refractivity contribution is -0.135. The zero-order valence-corrected chi connectivity index (χ0v) is 15.4. The molecule has 1 saturated heterocycles. The predicted octanol–water partition coefficient (Wildman–Crippen LogP) is 2.18. The van der Waals surface area contributed by atoms with Crippen molar-refractivity contribution >= 4 is 11.8 Å². The second-order valence-corrected chi connectivity index (χ2v) is 6.65. The quantitative estimate of drug-likeness (QED) is 0.791. The van der Waals surface area contributed by atoms with E-state index < -0.39 is 0 Å². The summed E-state index contributed by atoms with van der Waals surface area (Å²) in [5.74, 6) is 1.62. The Morgan fingerprint density at radius 3 is 2.20 bits per heavy atom. The summed E-state index contributed by atoms with van der Waals surface area (Å²) in [6.45, 7) is 6.56. The third kappa shape index (κ3) is 5.66. The first-order chi connectivity index (χ1) is 12.0. The van der Waals surface area contributed by atoms with Crippen LogP contribution in [0.25, 0.3) is 0 Å². The molecule has 0 radical (unpaired) electrons. The van der Waals surface area contributed by atoms with Gasteiger partial charge >= 0.3 is 0 Å². The predicted molar refractivity (Wildman–Crippen MR) is 95.7 cm³/mol. The van der Waals surface area contributed by atoms with E-state index in [4.69, 9.17) is 9.47 Å². The molecule has 1 aromatic carbocycles. The van der Waals surface area contributed by atoms with Crippen molar-refractivity contribution in [2.45, 2.75) is 26.7 Å². The van der Waals surface area contributed by atoms with Gasteiger partial charge in [0, 0.05) is 32.6 Å². The molecule has 0 saturated carbocycles. The molecule has 138 valence electrons. The van der Waals surface area contributed by atoms with Crippen molar-refractivity contribution in [3.8, 4) is 11.5 Å². The van der Waals surface area contributed by atoms with Crippen molar-refractivity contribution in [3.63, 3.8) is 0 Å². The number of hydrogen-bond acceptors (Lipinski definition) is 4. The summed E-state index contributed by atoms with van der Waals surface area (Å²) in [6, 6.07) is 7.27. The lowest BCUT2D eigenvalue weighted by atomic mass is 10.1. The molecule has 6 heteroatoms. The monoisotopic (exact) mass is 348 g/mol. The highest BCUT2D eigenvalue weighted by Gasteiger charge is 2.22. The van der Waals surface area contributed by atoms with Crippen molar-refractivity contribution < 1.29 is 19.1 Å². The number of rotatable bonds is 6. The Bertz CT molecular complexity index is 589. The van der Waals surface area contributed by atoms with E-state index in [0.29, 0.717) is 50.0 Å². The molecule has 6 nitrogen and oxygen atoms in total. The Kier molecular flexibility index (Phi) is 7.10. The molecule has 25 heavy (non-hydrogen) atoms. The molecule has 1 aliphatic rings. The Balaban J connectivity index is 1.85. The molecule has 0 N–H and O–H groups in total. The van der Waals surface area contributed by atoms with Gasteiger partial charge < -0.3 is 19.3 Å². The SMILES string of the molecule is COc1ccccc1OCC(=O)N1CCCN(C(=O)CC(C)C)CC1. The Morgan fingerprint density at radius 2 is 1.60 bits per heavy atom. The van der Waals surface area contributed by atoms with Crippen LogP contribution in [0.4, 0.5) is 0 Å². The number of carbonyl (C=O) groups excluding carboxylic acids is 2. The van der Waals surface area contributed by atoms with Gasteiger partial charge in [-0.15, -0.1) is 0 Å². The van der Waals surface area contributed by atoms with E-state index in [1.807, 2.05) is 30.9 Å². The number of nitrogens with zero attached hydrogens (tertiary/aromatic N) is 2. The minimum Gasteiger partial charge on any atom is -0.493 e. The maximum Gasteiger partial charge on any atom is 0.260 e. The van der Waals surface area contributed by atoms with Crippen molar-refractivity contribution in [3.05, 3.63) is 24.3 Å². The second kappa shape index (κ2) is 9.30. The maximum absolute atomic E-state index is 12.4. The average molecular weight is 348 g/mol. The number of amides is 2. The van der Waals surface area contributed by atoms with E-state index in [9.17, 15) is 9.59 Å². The van der Waals surface area contributed by atoms with Crippen LogP contribution in [0.1, 0.15) is 26.7 Å². The van der Waals surface area contributed by atoms with E-state index in [1.165, 1.54) is 0 Å². The van der Waals surface area contributed by atoms with Gasteiger partial charge in [0.15, 0.2) is 18.1 Å². The number of methoxy groups -OCH3 is 1. The average Bonchev–Trinajstić information content (AvgIpc) is 2.85. The van der Waals surface area contributed by atoms with Gasteiger partial charge in [-0.25, -0.2) is 0 Å². The molecule has 0 aromatic heterocycles. The van der Waals surface area contributed by atoms with E-state index in [2.05, 4.69) is 0 Å². The summed E-state index contributed by atoms with van der Waals surface area (Å²) in [6.07, 6.45) is 1.36. The topological polar surface area (TPSA) is 59.1 Å². The van der Waals surface area contributed by atoms with Gasteiger partial charge in [0.1, 0.15) is 0 Å². The number of benzene rings is 1. The first kappa shape index (κ1) is 19.1. The molecule has 0 bridgehead atoms. The van der Waals surface area contributed by atoms with E-state index in [1.54, 1.807) is 24.1 Å². The van der Waals surface area contributed by atoms with Gasteiger partial charge in [-0.3, -0.25) is 9.59 Å². The molecular formula is C19H28N2O4. The molecule has 1 heterocycles. The smallest absolute Gasteiger partial charge is 0.260 e. The highest BCUT2D eigenvalue weighted by molar-refractivity contribution is 5.79. The zero-order chi connectivity index (χ0) is 18.2. The molecular weight excluding hydrogens is 320 g/mol. The molecule has 1 fully saturated rings. The van der Waals surface area contributed by atoms with Gasteiger partial charge in [0.05, 0.1) is 7.11 Å². The van der Waals surface area contributed by atoms with Crippen LogP contribution in [0.15, 0.2) is 24.3 Å². The minimum atomic E-state index is -0.0657. The maximum atomic E-state index is 12.4. The van der Waals surface area contributed by atoms with Crippen LogP contribution in [-0.4, -0.2) is 61.5 Å². The summed E-state index contributed by atoms with van der Waals surface area (Å²) in [4.78, 5) is 28.3. The van der Waals surface area contributed by atoms with Gasteiger partial charge in [-0.05, 0) is 24.5 Å². The second-order valence-electron chi connectivity index (χ2n) is 6.65. The van der Waals surface area contributed by atoms with Gasteiger partial charge in [0.25, 0.3) is 5.91 Å². The van der Waals surface area contributed by atoms with Crippen LogP contribution in [0.3, 0.4) is 0 Å². The van der Waals surface area contributed by atoms with E-state index in [0.717, 1.165) is 6.42 Å². The zero-order valence-electron chi connectivity index (χ0n) is 15.4. The number of para-hydroxylation sites is 2. The first-order valence-corrected chi connectivity index (χ1v) is 8.82. The molecule has 0 unspecified atom stereocenters. The standard InChI is InChI=1S/C19H28N2O4/c1-15(2)13-18(22)20-9-6-10-21(12-11-20)19(23)14-25-17-8-5-4-7-16(17)24-3/h4-5,7-8,15H,6,9-14H2,1-3H3. The van der Waals surface area contributed by atoms with Crippen molar-refractivity contribution in [1.82, 2.24) is 9.80 Å². The highest BCUT2D eigenvalue weighted by Crippen LogP contribution is 2.25. The summed E-state index contributed by atoms with van der Waals surface area (Å²) in [5.41, 5.74) is 0. The Morgan fingerprint density at radius 1 is 1.00 bits per heavy atom. The van der Waals surface area contributed by atoms with E-state index in [-0.39, 0.29) is 18.4 Å². The normalized spacial score (nSPS) is 15.0. The van der Waals surface area contributed by atoms with Crippen LogP contribution in [-0.2, 0) is 9.59 Å². The van der Waals surface area contributed by atoms with Crippen molar-refractivity contribution in [2.24, 2.45) is 5.92 Å². The van der Waals surface area contributed by atoms with Crippen LogP contribution >= 0.6 is 0 Å². The minimum absolute atomic E-state index is 0.0275. The largest absolute Gasteiger partial charge is 0.493 e. The Hall–Kier alpha value is -2.24.